The fourth-order valence-corrected chi connectivity index (χ4v) is 4.22. The highest BCUT2D eigenvalue weighted by Crippen LogP contribution is 2.32. The molecule has 0 spiro atoms. The number of pyridine rings is 1. The molecule has 5 rings (SSSR count). The standard InChI is InChI=1S/C21H25BN8O/c1-22(31)29-8-4-5-15(14-29)19-9-20(26-17-6-3-7-23-11-17)30-21(27-19)18(12-25-30)16-10-24-28(2)13-16/h3,6-7,9-13,15,26,31H,4-5,8,14H2,1-2H3. The van der Waals surface area contributed by atoms with Crippen molar-refractivity contribution in [2.75, 3.05) is 18.4 Å². The van der Waals surface area contributed by atoms with Crippen molar-refractivity contribution in [1.29, 1.82) is 0 Å². The summed E-state index contributed by atoms with van der Waals surface area (Å²) in [5.74, 6) is 1.07. The zero-order valence-electron chi connectivity index (χ0n) is 17.7. The predicted octanol–water partition coefficient (Wildman–Crippen LogP) is 2.56. The van der Waals surface area contributed by atoms with Gasteiger partial charge in [-0.15, -0.1) is 0 Å². The van der Waals surface area contributed by atoms with Gasteiger partial charge in [-0.3, -0.25) is 9.67 Å². The highest BCUT2D eigenvalue weighted by atomic mass is 16.2. The zero-order chi connectivity index (χ0) is 21.4. The largest absolute Gasteiger partial charge is 0.437 e. The molecule has 1 unspecified atom stereocenters. The number of rotatable bonds is 5. The van der Waals surface area contributed by atoms with Gasteiger partial charge in [0.25, 0.3) is 0 Å². The number of fused-ring (bicyclic) bond motifs is 1. The van der Waals surface area contributed by atoms with Crippen molar-refractivity contribution in [3.8, 4) is 11.1 Å². The molecule has 31 heavy (non-hydrogen) atoms. The molecule has 9 nitrogen and oxygen atoms in total. The summed E-state index contributed by atoms with van der Waals surface area (Å²) in [6.45, 7) is 3.51. The third-order valence-electron chi connectivity index (χ3n) is 5.84. The Bertz CT molecular complexity index is 1190. The molecule has 4 aromatic rings. The molecule has 10 heteroatoms. The summed E-state index contributed by atoms with van der Waals surface area (Å²) in [5.41, 5.74) is 4.57. The van der Waals surface area contributed by atoms with E-state index in [0.717, 1.165) is 59.9 Å². The van der Waals surface area contributed by atoms with Crippen LogP contribution in [-0.2, 0) is 7.05 Å². The van der Waals surface area contributed by atoms with Crippen molar-refractivity contribution in [3.05, 3.63) is 54.9 Å². The van der Waals surface area contributed by atoms with E-state index in [0.29, 0.717) is 0 Å². The highest BCUT2D eigenvalue weighted by molar-refractivity contribution is 6.45. The first-order valence-electron chi connectivity index (χ1n) is 10.6. The van der Waals surface area contributed by atoms with Gasteiger partial charge in [0.2, 0.25) is 0 Å². The van der Waals surface area contributed by atoms with E-state index >= 15 is 0 Å². The second-order valence-corrected chi connectivity index (χ2v) is 8.10. The summed E-state index contributed by atoms with van der Waals surface area (Å²) in [7, 11) is 1.44. The Morgan fingerprint density at radius 1 is 1.23 bits per heavy atom. The molecule has 0 aliphatic carbocycles. The van der Waals surface area contributed by atoms with Crippen LogP contribution in [0.2, 0.25) is 6.82 Å². The van der Waals surface area contributed by atoms with E-state index < -0.39 is 7.05 Å². The fraction of sp³-hybridized carbons (Fsp3) is 0.333. The van der Waals surface area contributed by atoms with Crippen molar-refractivity contribution in [2.45, 2.75) is 25.6 Å². The Balaban J connectivity index is 1.61. The molecule has 0 radical (unpaired) electrons. The number of nitrogens with one attached hydrogen (secondary N) is 1. The summed E-state index contributed by atoms with van der Waals surface area (Å²) in [6, 6.07) is 5.93. The molecule has 0 amide bonds. The van der Waals surface area contributed by atoms with Gasteiger partial charge in [-0.1, -0.05) is 0 Å². The van der Waals surface area contributed by atoms with Crippen LogP contribution in [0.25, 0.3) is 16.8 Å². The molecule has 1 fully saturated rings. The topological polar surface area (TPSA) is 96.4 Å². The lowest BCUT2D eigenvalue weighted by Gasteiger charge is -2.33. The molecule has 0 bridgehead atoms. The maximum Gasteiger partial charge on any atom is 0.376 e. The quantitative estimate of drug-likeness (QED) is 0.483. The molecular weight excluding hydrogens is 391 g/mol. The second-order valence-electron chi connectivity index (χ2n) is 8.10. The first kappa shape index (κ1) is 19.7. The normalized spacial score (nSPS) is 17.2. The molecule has 1 atom stereocenters. The van der Waals surface area contributed by atoms with Gasteiger partial charge in [0.15, 0.2) is 5.65 Å². The molecule has 2 N–H and O–H groups in total. The van der Waals surface area contributed by atoms with Crippen molar-refractivity contribution in [1.82, 2.24) is 34.2 Å². The average molecular weight is 416 g/mol. The van der Waals surface area contributed by atoms with Crippen LogP contribution in [0.1, 0.15) is 24.5 Å². The summed E-state index contributed by atoms with van der Waals surface area (Å²) < 4.78 is 3.60. The molecule has 1 saturated heterocycles. The van der Waals surface area contributed by atoms with Gasteiger partial charge in [0.1, 0.15) is 5.82 Å². The van der Waals surface area contributed by atoms with Crippen LogP contribution in [-0.4, -0.2) is 59.3 Å². The van der Waals surface area contributed by atoms with E-state index in [1.54, 1.807) is 17.1 Å². The Hall–Kier alpha value is -3.24. The summed E-state index contributed by atoms with van der Waals surface area (Å²) in [5, 5.41) is 22.5. The van der Waals surface area contributed by atoms with Crippen molar-refractivity contribution >= 4 is 24.2 Å². The Morgan fingerprint density at radius 3 is 2.87 bits per heavy atom. The second kappa shape index (κ2) is 8.12. The van der Waals surface area contributed by atoms with Crippen LogP contribution in [0, 0.1) is 0 Å². The smallest absolute Gasteiger partial charge is 0.376 e. The minimum atomic E-state index is -0.458. The number of nitrogens with zero attached hydrogens (tertiary/aromatic N) is 7. The summed E-state index contributed by atoms with van der Waals surface area (Å²) in [4.78, 5) is 11.3. The maximum atomic E-state index is 10.1. The summed E-state index contributed by atoms with van der Waals surface area (Å²) >= 11 is 0. The van der Waals surface area contributed by atoms with Crippen molar-refractivity contribution in [3.63, 3.8) is 0 Å². The third kappa shape index (κ3) is 3.91. The fourth-order valence-electron chi connectivity index (χ4n) is 4.22. The monoisotopic (exact) mass is 416 g/mol. The number of aryl methyl sites for hydroxylation is 1. The SMILES string of the molecule is CB(O)N1CCCC(c2cc(Nc3cccnc3)n3ncc(-c4cnn(C)c4)c3n2)C1. The maximum absolute atomic E-state index is 10.1. The number of anilines is 2. The molecule has 5 heterocycles. The molecule has 1 aliphatic rings. The van der Waals surface area contributed by atoms with Crippen LogP contribution in [0.3, 0.4) is 0 Å². The van der Waals surface area contributed by atoms with Crippen molar-refractivity contribution in [2.24, 2.45) is 7.05 Å². The number of piperidine rings is 1. The van der Waals surface area contributed by atoms with Crippen LogP contribution < -0.4 is 5.32 Å². The van der Waals surface area contributed by atoms with Crippen LogP contribution in [0.5, 0.6) is 0 Å². The lowest BCUT2D eigenvalue weighted by Crippen LogP contribution is -2.43. The molecule has 158 valence electrons. The van der Waals surface area contributed by atoms with E-state index in [4.69, 9.17) is 4.98 Å². The Labute approximate surface area is 180 Å². The van der Waals surface area contributed by atoms with E-state index in [1.807, 2.05) is 49.1 Å². The van der Waals surface area contributed by atoms with Gasteiger partial charge in [-0.25, -0.2) is 4.98 Å². The van der Waals surface area contributed by atoms with Crippen LogP contribution >= 0.6 is 0 Å². The lowest BCUT2D eigenvalue weighted by molar-refractivity contribution is 0.283. The van der Waals surface area contributed by atoms with E-state index in [-0.39, 0.29) is 5.92 Å². The molecule has 0 aromatic carbocycles. The van der Waals surface area contributed by atoms with E-state index in [2.05, 4.69) is 31.4 Å². The van der Waals surface area contributed by atoms with Gasteiger partial charge in [0.05, 0.1) is 30.0 Å². The van der Waals surface area contributed by atoms with Gasteiger partial charge in [0, 0.05) is 42.6 Å². The first-order valence-corrected chi connectivity index (χ1v) is 10.6. The van der Waals surface area contributed by atoms with Crippen molar-refractivity contribution < 1.29 is 5.02 Å². The Morgan fingerprint density at radius 2 is 2.13 bits per heavy atom. The first-order chi connectivity index (χ1) is 15.1. The number of hydrogen-bond donors (Lipinski definition) is 2. The lowest BCUT2D eigenvalue weighted by atomic mass is 9.80. The van der Waals surface area contributed by atoms with Gasteiger partial charge >= 0.3 is 7.05 Å². The number of hydrogen-bond acceptors (Lipinski definition) is 7. The average Bonchev–Trinajstić information content (AvgIpc) is 3.40. The van der Waals surface area contributed by atoms with Gasteiger partial charge in [-0.2, -0.15) is 14.7 Å². The zero-order valence-corrected chi connectivity index (χ0v) is 17.7. The molecule has 0 saturated carbocycles. The molecule has 1 aliphatic heterocycles. The predicted molar refractivity (Wildman–Crippen MR) is 120 cm³/mol. The summed E-state index contributed by atoms with van der Waals surface area (Å²) in [6.07, 6.45) is 11.2. The minimum Gasteiger partial charge on any atom is -0.437 e. The van der Waals surface area contributed by atoms with Crippen LogP contribution in [0.15, 0.2) is 49.2 Å². The van der Waals surface area contributed by atoms with Gasteiger partial charge < -0.3 is 15.2 Å². The van der Waals surface area contributed by atoms with Crippen LogP contribution in [0.4, 0.5) is 11.5 Å². The van der Waals surface area contributed by atoms with E-state index in [9.17, 15) is 5.02 Å². The highest BCUT2D eigenvalue weighted by Gasteiger charge is 2.28. The third-order valence-corrected chi connectivity index (χ3v) is 5.84. The molecule has 4 aromatic heterocycles. The minimum absolute atomic E-state index is 0.236. The molecular formula is C21H25BN8O. The van der Waals surface area contributed by atoms with Gasteiger partial charge in [-0.05, 0) is 44.9 Å². The van der Waals surface area contributed by atoms with E-state index in [1.165, 1.54) is 0 Å². The number of aromatic nitrogens is 6. The Kier molecular flexibility index (Phi) is 5.17.